The van der Waals surface area contributed by atoms with Crippen LogP contribution in [0.3, 0.4) is 0 Å². The first-order chi connectivity index (χ1) is 8.99. The molecular weight excluding hydrogens is 359 g/mol. The van der Waals surface area contributed by atoms with Crippen molar-refractivity contribution >= 4 is 45.1 Å². The van der Waals surface area contributed by atoms with Gasteiger partial charge in [0.25, 0.3) is 0 Å². The molecule has 1 heterocycles. The lowest BCUT2D eigenvalue weighted by molar-refractivity contribution is 0.0692. The van der Waals surface area contributed by atoms with Crippen LogP contribution in [0, 0.1) is 0 Å². The Labute approximate surface area is 127 Å². The molecular formula is C12H7BrCl2O4. The molecule has 0 fully saturated rings. The van der Waals surface area contributed by atoms with Gasteiger partial charge >= 0.3 is 5.97 Å². The van der Waals surface area contributed by atoms with Crippen LogP contribution in [0.15, 0.2) is 33.4 Å². The molecule has 4 nitrogen and oxygen atoms in total. The monoisotopic (exact) mass is 364 g/mol. The molecule has 2 rings (SSSR count). The molecule has 0 bridgehead atoms. The van der Waals surface area contributed by atoms with Crippen LogP contribution in [-0.2, 0) is 6.61 Å². The highest BCUT2D eigenvalue weighted by Crippen LogP contribution is 2.34. The summed E-state index contributed by atoms with van der Waals surface area (Å²) in [7, 11) is 0. The fourth-order valence-corrected chi connectivity index (χ4v) is 2.25. The lowest BCUT2D eigenvalue weighted by atomic mass is 10.2. The zero-order valence-electron chi connectivity index (χ0n) is 9.32. The van der Waals surface area contributed by atoms with Crippen LogP contribution in [0.25, 0.3) is 0 Å². The van der Waals surface area contributed by atoms with Crippen LogP contribution >= 0.6 is 39.1 Å². The maximum absolute atomic E-state index is 10.9. The summed E-state index contributed by atoms with van der Waals surface area (Å²) in [5.74, 6) is -0.516. The molecule has 0 amide bonds. The third kappa shape index (κ3) is 3.23. The Hall–Kier alpha value is -1.17. The number of furan rings is 1. The molecule has 0 aliphatic heterocycles. The van der Waals surface area contributed by atoms with Crippen molar-refractivity contribution in [3.8, 4) is 5.75 Å². The molecule has 1 N–H and O–H groups in total. The summed E-state index contributed by atoms with van der Waals surface area (Å²) in [6, 6.07) is 4.49. The molecule has 2 aromatic rings. The van der Waals surface area contributed by atoms with E-state index in [2.05, 4.69) is 15.9 Å². The fourth-order valence-electron chi connectivity index (χ4n) is 1.40. The van der Waals surface area contributed by atoms with Crippen molar-refractivity contribution in [2.45, 2.75) is 6.61 Å². The highest BCUT2D eigenvalue weighted by Gasteiger charge is 2.15. The molecule has 100 valence electrons. The Bertz CT molecular complexity index is 624. The van der Waals surface area contributed by atoms with E-state index in [1.165, 1.54) is 18.4 Å². The summed E-state index contributed by atoms with van der Waals surface area (Å²) in [4.78, 5) is 10.9. The molecule has 0 saturated carbocycles. The molecule has 7 heteroatoms. The van der Waals surface area contributed by atoms with Gasteiger partial charge < -0.3 is 14.3 Å². The Kier molecular flexibility index (Phi) is 4.39. The predicted molar refractivity (Wildman–Crippen MR) is 74.2 cm³/mol. The highest BCUT2D eigenvalue weighted by molar-refractivity contribution is 9.10. The highest BCUT2D eigenvalue weighted by atomic mass is 79.9. The van der Waals surface area contributed by atoms with Gasteiger partial charge in [-0.2, -0.15) is 0 Å². The number of rotatable bonds is 4. The smallest absolute Gasteiger partial charge is 0.339 e. The van der Waals surface area contributed by atoms with Crippen molar-refractivity contribution < 1.29 is 19.1 Å². The van der Waals surface area contributed by atoms with Crippen LogP contribution in [0.2, 0.25) is 10.0 Å². The lowest BCUT2D eigenvalue weighted by Crippen LogP contribution is -2.02. The van der Waals surface area contributed by atoms with Crippen molar-refractivity contribution in [2.24, 2.45) is 0 Å². The average Bonchev–Trinajstić information content (AvgIpc) is 2.80. The number of carbonyl (C=O) groups is 1. The van der Waals surface area contributed by atoms with Gasteiger partial charge in [0.15, 0.2) is 5.76 Å². The minimum absolute atomic E-state index is 0.0493. The van der Waals surface area contributed by atoms with Gasteiger partial charge in [0, 0.05) is 10.5 Å². The predicted octanol–water partition coefficient (Wildman–Crippen LogP) is 4.63. The Morgan fingerprint density at radius 2 is 2.11 bits per heavy atom. The van der Waals surface area contributed by atoms with E-state index >= 15 is 0 Å². The number of ether oxygens (including phenoxy) is 1. The van der Waals surface area contributed by atoms with Crippen LogP contribution in [0.4, 0.5) is 0 Å². The van der Waals surface area contributed by atoms with Crippen molar-refractivity contribution in [3.05, 3.63) is 50.3 Å². The van der Waals surface area contributed by atoms with Crippen LogP contribution in [0.1, 0.15) is 16.1 Å². The average molecular weight is 366 g/mol. The van der Waals surface area contributed by atoms with Crippen LogP contribution < -0.4 is 4.74 Å². The standard InChI is InChI=1S/C12H7BrCl2O4/c13-7-3-9(15)10(4-8(7)14)19-5-11-6(12(16)17)1-2-18-11/h1-4H,5H2,(H,16,17). The van der Waals surface area contributed by atoms with E-state index in [1.54, 1.807) is 6.07 Å². The molecule has 0 radical (unpaired) electrons. The minimum Gasteiger partial charge on any atom is -0.484 e. The summed E-state index contributed by atoms with van der Waals surface area (Å²) >= 11 is 15.1. The Morgan fingerprint density at radius 3 is 2.79 bits per heavy atom. The maximum atomic E-state index is 10.9. The number of aromatic carboxylic acids is 1. The van der Waals surface area contributed by atoms with E-state index in [0.29, 0.717) is 20.3 Å². The minimum atomic E-state index is -1.08. The van der Waals surface area contributed by atoms with Gasteiger partial charge in [-0.3, -0.25) is 0 Å². The largest absolute Gasteiger partial charge is 0.484 e. The van der Waals surface area contributed by atoms with E-state index in [4.69, 9.17) is 37.5 Å². The molecule has 0 aliphatic carbocycles. The normalized spacial score (nSPS) is 10.5. The second kappa shape index (κ2) is 5.86. The van der Waals surface area contributed by atoms with Crippen LogP contribution in [-0.4, -0.2) is 11.1 Å². The molecule has 0 unspecified atom stereocenters. The summed E-state index contributed by atoms with van der Waals surface area (Å²) in [5, 5.41) is 9.72. The molecule has 0 spiro atoms. The lowest BCUT2D eigenvalue weighted by Gasteiger charge is -2.08. The zero-order valence-corrected chi connectivity index (χ0v) is 12.4. The first kappa shape index (κ1) is 14.2. The van der Waals surface area contributed by atoms with Gasteiger partial charge in [-0.25, -0.2) is 4.79 Å². The van der Waals surface area contributed by atoms with Crippen molar-refractivity contribution in [1.82, 2.24) is 0 Å². The first-order valence-electron chi connectivity index (χ1n) is 5.06. The quantitative estimate of drug-likeness (QED) is 0.802. The summed E-state index contributed by atoms with van der Waals surface area (Å²) < 4.78 is 11.1. The number of hydrogen-bond acceptors (Lipinski definition) is 3. The van der Waals surface area contributed by atoms with Crippen LogP contribution in [0.5, 0.6) is 5.75 Å². The van der Waals surface area contributed by atoms with E-state index in [9.17, 15) is 4.79 Å². The van der Waals surface area contributed by atoms with Gasteiger partial charge in [0.2, 0.25) is 0 Å². The number of carboxylic acids is 1. The molecule has 0 aliphatic rings. The molecule has 1 aromatic heterocycles. The third-order valence-electron chi connectivity index (χ3n) is 2.31. The van der Waals surface area contributed by atoms with Gasteiger partial charge in [0.05, 0.1) is 16.3 Å². The van der Waals surface area contributed by atoms with Gasteiger partial charge in [-0.15, -0.1) is 0 Å². The SMILES string of the molecule is O=C(O)c1ccoc1COc1cc(Cl)c(Br)cc1Cl. The van der Waals surface area contributed by atoms with E-state index in [-0.39, 0.29) is 17.9 Å². The summed E-state index contributed by atoms with van der Waals surface area (Å²) in [6.45, 7) is -0.0493. The number of hydrogen-bond donors (Lipinski definition) is 1. The number of carboxylic acid groups (broad SMARTS) is 1. The maximum Gasteiger partial charge on any atom is 0.339 e. The number of benzene rings is 1. The van der Waals surface area contributed by atoms with Crippen molar-refractivity contribution in [2.75, 3.05) is 0 Å². The third-order valence-corrected chi connectivity index (χ3v) is 3.80. The first-order valence-corrected chi connectivity index (χ1v) is 6.61. The van der Waals surface area contributed by atoms with Gasteiger partial charge in [-0.05, 0) is 28.1 Å². The molecule has 0 atom stereocenters. The van der Waals surface area contributed by atoms with Gasteiger partial charge in [-0.1, -0.05) is 23.2 Å². The summed E-state index contributed by atoms with van der Waals surface area (Å²) in [6.07, 6.45) is 1.29. The topological polar surface area (TPSA) is 59.7 Å². The second-order valence-electron chi connectivity index (χ2n) is 3.55. The van der Waals surface area contributed by atoms with E-state index in [1.807, 2.05) is 0 Å². The molecule has 1 aromatic carbocycles. The Morgan fingerprint density at radius 1 is 1.37 bits per heavy atom. The molecule has 19 heavy (non-hydrogen) atoms. The van der Waals surface area contributed by atoms with Crippen molar-refractivity contribution in [1.29, 1.82) is 0 Å². The molecule has 0 saturated heterocycles. The van der Waals surface area contributed by atoms with E-state index < -0.39 is 5.97 Å². The van der Waals surface area contributed by atoms with E-state index in [0.717, 1.165) is 0 Å². The second-order valence-corrected chi connectivity index (χ2v) is 5.22. The zero-order chi connectivity index (χ0) is 14.0. The number of halogens is 3. The van der Waals surface area contributed by atoms with Gasteiger partial charge in [0.1, 0.15) is 17.9 Å². The Balaban J connectivity index is 2.17. The van der Waals surface area contributed by atoms with Crippen molar-refractivity contribution in [3.63, 3.8) is 0 Å². The fraction of sp³-hybridized carbons (Fsp3) is 0.0833. The summed E-state index contributed by atoms with van der Waals surface area (Å²) in [5.41, 5.74) is 0.0549.